The molecule has 0 atom stereocenters. The highest BCUT2D eigenvalue weighted by molar-refractivity contribution is 8.06. The summed E-state index contributed by atoms with van der Waals surface area (Å²) in [5.41, 5.74) is 0. The van der Waals surface area contributed by atoms with Crippen LogP contribution < -0.4 is 0 Å². The summed E-state index contributed by atoms with van der Waals surface area (Å²) >= 11 is 1.32. The van der Waals surface area contributed by atoms with E-state index >= 15 is 0 Å². The minimum absolute atomic E-state index is 0.597. The predicted molar refractivity (Wildman–Crippen MR) is 94.3 cm³/mol. The molecule has 0 aliphatic rings. The molecule has 2 aromatic carbocycles. The van der Waals surface area contributed by atoms with Gasteiger partial charge in [-0.25, -0.2) is 0 Å². The molecule has 0 aliphatic heterocycles. The van der Waals surface area contributed by atoms with E-state index in [-0.39, 0.29) is 0 Å². The van der Waals surface area contributed by atoms with Crippen molar-refractivity contribution >= 4 is 44.3 Å². The monoisotopic (exact) mass is 406 g/mol. The Kier molecular flexibility index (Phi) is 7.14. The van der Waals surface area contributed by atoms with Crippen LogP contribution in [-0.4, -0.2) is 28.3 Å². The molecule has 2 rings (SSSR count). The molecule has 6 nitrogen and oxygen atoms in total. The second-order valence-corrected chi connectivity index (χ2v) is 9.86. The molecule has 0 amide bonds. The topological polar surface area (TPSA) is 86.7 Å². The van der Waals surface area contributed by atoms with Crippen LogP contribution in [-0.2, 0) is 27.5 Å². The number of rotatable bonds is 9. The van der Waals surface area contributed by atoms with E-state index < -0.39 is 31.7 Å². The van der Waals surface area contributed by atoms with Gasteiger partial charge in [0.25, 0.3) is 20.2 Å². The molecule has 0 fully saturated rings. The van der Waals surface area contributed by atoms with Crippen LogP contribution in [0.15, 0.2) is 70.5 Å². The van der Waals surface area contributed by atoms with Crippen molar-refractivity contribution in [1.82, 2.24) is 0 Å². The summed E-state index contributed by atoms with van der Waals surface area (Å²) in [6.07, 6.45) is 0. The van der Waals surface area contributed by atoms with Gasteiger partial charge >= 0.3 is 0 Å². The molecule has 24 heavy (non-hydrogen) atoms. The van der Waals surface area contributed by atoms with Gasteiger partial charge in [0.2, 0.25) is 0 Å². The van der Waals surface area contributed by atoms with Gasteiger partial charge in [-0.3, -0.25) is 0 Å². The van der Waals surface area contributed by atoms with Gasteiger partial charge in [-0.15, -0.1) is 0 Å². The number of hydrogen-bond acceptors (Lipinski definition) is 8. The normalized spacial score (nSPS) is 12.2. The molecule has 0 radical (unpaired) electrons. The first-order valence-electron chi connectivity index (χ1n) is 6.64. The fraction of sp³-hybridized carbons (Fsp3) is 0.143. The molecular weight excluding hydrogens is 392 g/mol. The third kappa shape index (κ3) is 7.24. The first kappa shape index (κ1) is 19.3. The molecular formula is C14H14O6S4. The van der Waals surface area contributed by atoms with E-state index in [2.05, 4.69) is 0 Å². The van der Waals surface area contributed by atoms with Crippen molar-refractivity contribution in [3.8, 4) is 0 Å². The summed E-state index contributed by atoms with van der Waals surface area (Å²) in [6.45, 7) is 0. The van der Waals surface area contributed by atoms with Crippen LogP contribution in [0.4, 0.5) is 0 Å². The first-order valence-corrected chi connectivity index (χ1v) is 11.3. The van der Waals surface area contributed by atoms with Crippen molar-refractivity contribution in [2.75, 3.05) is 11.5 Å². The summed E-state index contributed by atoms with van der Waals surface area (Å²) in [6, 6.07) is 17.2. The Bertz CT molecular complexity index is 762. The van der Waals surface area contributed by atoms with Crippen LogP contribution in [0.2, 0.25) is 0 Å². The molecule has 0 saturated carbocycles. The largest absolute Gasteiger partial charge is 0.279 e. The van der Waals surface area contributed by atoms with Crippen LogP contribution in [0.3, 0.4) is 0 Å². The van der Waals surface area contributed by atoms with Crippen molar-refractivity contribution in [3.63, 3.8) is 0 Å². The summed E-state index contributed by atoms with van der Waals surface area (Å²) in [5.74, 6) is -1.38. The maximum Gasteiger partial charge on any atom is 0.279 e. The summed E-state index contributed by atoms with van der Waals surface area (Å²) < 4.78 is 56.5. The standard InChI is InChI=1S/C14H14O6S4/c15-23(16,19-21-13-7-3-1-4-8-13)11-12-24(17,18)20-22-14-9-5-2-6-10-14/h1-10H,11-12H2. The average Bonchev–Trinajstić information content (AvgIpc) is 2.59. The van der Waals surface area contributed by atoms with Crippen LogP contribution in [0, 0.1) is 0 Å². The van der Waals surface area contributed by atoms with E-state index in [1.54, 1.807) is 60.7 Å². The van der Waals surface area contributed by atoms with Gasteiger partial charge in [-0.1, -0.05) is 36.4 Å². The van der Waals surface area contributed by atoms with Gasteiger partial charge in [0.15, 0.2) is 0 Å². The molecule has 0 spiro atoms. The van der Waals surface area contributed by atoms with E-state index in [1.807, 2.05) is 0 Å². The van der Waals surface area contributed by atoms with Gasteiger partial charge in [0, 0.05) is 33.9 Å². The molecule has 0 unspecified atom stereocenters. The van der Waals surface area contributed by atoms with Crippen LogP contribution in [0.25, 0.3) is 0 Å². The Hall–Kier alpha value is -1.04. The maximum absolute atomic E-state index is 11.8. The van der Waals surface area contributed by atoms with Gasteiger partial charge in [-0.2, -0.15) is 24.1 Å². The van der Waals surface area contributed by atoms with E-state index in [4.69, 9.17) is 7.26 Å². The fourth-order valence-electron chi connectivity index (χ4n) is 1.41. The SMILES string of the molecule is O=S(=O)(CCS(=O)(=O)OSc1ccccc1)OSc1ccccc1. The van der Waals surface area contributed by atoms with Gasteiger partial charge < -0.3 is 0 Å². The first-order chi connectivity index (χ1) is 11.4. The lowest BCUT2D eigenvalue weighted by Crippen LogP contribution is -2.17. The van der Waals surface area contributed by atoms with E-state index in [0.717, 1.165) is 0 Å². The molecule has 0 aromatic heterocycles. The molecule has 0 aliphatic carbocycles. The Balaban J connectivity index is 1.81. The average molecular weight is 407 g/mol. The highest BCUT2D eigenvalue weighted by Gasteiger charge is 2.20. The Morgan fingerprint density at radius 3 is 1.29 bits per heavy atom. The smallest absolute Gasteiger partial charge is 0.198 e. The number of benzene rings is 2. The molecule has 0 heterocycles. The summed E-state index contributed by atoms with van der Waals surface area (Å²) in [7, 11) is -8.00. The van der Waals surface area contributed by atoms with Crippen LogP contribution >= 0.6 is 24.1 Å². The minimum Gasteiger partial charge on any atom is -0.198 e. The van der Waals surface area contributed by atoms with Crippen molar-refractivity contribution in [2.45, 2.75) is 9.79 Å². The van der Waals surface area contributed by atoms with Crippen molar-refractivity contribution in [3.05, 3.63) is 60.7 Å². The fourth-order valence-corrected chi connectivity index (χ4v) is 5.58. The number of hydrogen-bond donors (Lipinski definition) is 0. The second-order valence-electron chi connectivity index (χ2n) is 4.45. The van der Waals surface area contributed by atoms with E-state index in [1.165, 1.54) is 0 Å². The Labute approximate surface area is 150 Å². The van der Waals surface area contributed by atoms with Crippen LogP contribution in [0.1, 0.15) is 0 Å². The van der Waals surface area contributed by atoms with Gasteiger partial charge in [0.1, 0.15) is 0 Å². The maximum atomic E-state index is 11.8. The third-order valence-corrected chi connectivity index (χ3v) is 7.34. The van der Waals surface area contributed by atoms with Crippen molar-refractivity contribution < 1.29 is 24.1 Å². The highest BCUT2D eigenvalue weighted by Crippen LogP contribution is 2.23. The van der Waals surface area contributed by atoms with E-state index in [0.29, 0.717) is 33.9 Å². The lowest BCUT2D eigenvalue weighted by Gasteiger charge is -2.05. The summed E-state index contributed by atoms with van der Waals surface area (Å²) in [5, 5.41) is 0. The molecule has 10 heteroatoms. The highest BCUT2D eigenvalue weighted by atomic mass is 32.3. The molecule has 0 N–H and O–H groups in total. The molecule has 2 aromatic rings. The lowest BCUT2D eigenvalue weighted by atomic mass is 10.4. The van der Waals surface area contributed by atoms with E-state index in [9.17, 15) is 16.8 Å². The van der Waals surface area contributed by atoms with Crippen molar-refractivity contribution in [2.24, 2.45) is 0 Å². The quantitative estimate of drug-likeness (QED) is 0.587. The zero-order valence-corrected chi connectivity index (χ0v) is 15.5. The van der Waals surface area contributed by atoms with Gasteiger partial charge in [0.05, 0.1) is 11.5 Å². The Morgan fingerprint density at radius 1 is 0.625 bits per heavy atom. The molecule has 0 bridgehead atoms. The zero-order chi connectivity index (χ0) is 17.5. The predicted octanol–water partition coefficient (Wildman–Crippen LogP) is 3.09. The third-order valence-electron chi connectivity index (χ3n) is 2.54. The van der Waals surface area contributed by atoms with Crippen LogP contribution in [0.5, 0.6) is 0 Å². The summed E-state index contributed by atoms with van der Waals surface area (Å²) in [4.78, 5) is 1.19. The Morgan fingerprint density at radius 2 is 0.958 bits per heavy atom. The lowest BCUT2D eigenvalue weighted by molar-refractivity contribution is 0.507. The molecule has 130 valence electrons. The zero-order valence-electron chi connectivity index (χ0n) is 12.3. The van der Waals surface area contributed by atoms with Crippen molar-refractivity contribution in [1.29, 1.82) is 0 Å². The second kappa shape index (κ2) is 8.88. The van der Waals surface area contributed by atoms with Gasteiger partial charge in [-0.05, 0) is 24.3 Å². The molecule has 0 saturated heterocycles. The minimum atomic E-state index is -4.00.